The lowest BCUT2D eigenvalue weighted by Crippen LogP contribution is -2.45. The van der Waals surface area contributed by atoms with Gasteiger partial charge in [-0.15, -0.1) is 0 Å². The first kappa shape index (κ1) is 33.1. The van der Waals surface area contributed by atoms with E-state index in [1.807, 2.05) is 13.0 Å². The first-order valence-corrected chi connectivity index (χ1v) is 14.0. The van der Waals surface area contributed by atoms with Gasteiger partial charge in [0, 0.05) is 6.42 Å². The first-order chi connectivity index (χ1) is 17.2. The molecular weight excluding hydrogens is 434 g/mol. The normalized spacial score (nSPS) is 14.3. The van der Waals surface area contributed by atoms with Crippen molar-refractivity contribution in [2.24, 2.45) is 0 Å². The Labute approximate surface area is 216 Å². The van der Waals surface area contributed by atoms with Crippen LogP contribution in [-0.2, 0) is 4.79 Å². The van der Waals surface area contributed by atoms with Crippen molar-refractivity contribution in [2.45, 2.75) is 122 Å². The van der Waals surface area contributed by atoms with E-state index in [1.165, 1.54) is 32.1 Å². The number of allylic oxidation sites excluding steroid dienone is 9. The van der Waals surface area contributed by atoms with Crippen molar-refractivity contribution < 1.29 is 15.0 Å². The summed E-state index contributed by atoms with van der Waals surface area (Å²) in [7, 11) is 0. The van der Waals surface area contributed by atoms with Crippen LogP contribution < -0.4 is 5.32 Å². The lowest BCUT2D eigenvalue weighted by atomic mass is 10.1. The van der Waals surface area contributed by atoms with Gasteiger partial charge < -0.3 is 15.5 Å². The lowest BCUT2D eigenvalue weighted by molar-refractivity contribution is -0.123. The maximum absolute atomic E-state index is 12.2. The van der Waals surface area contributed by atoms with E-state index in [0.29, 0.717) is 6.42 Å². The van der Waals surface area contributed by atoms with Crippen molar-refractivity contribution >= 4 is 5.91 Å². The molecule has 0 fully saturated rings. The Morgan fingerprint density at radius 1 is 0.743 bits per heavy atom. The van der Waals surface area contributed by atoms with E-state index in [0.717, 1.165) is 57.8 Å². The van der Waals surface area contributed by atoms with Crippen molar-refractivity contribution in [3.63, 3.8) is 0 Å². The number of rotatable bonds is 23. The smallest absolute Gasteiger partial charge is 0.220 e. The Kier molecular flexibility index (Phi) is 25.2. The number of carbonyl (C=O) groups is 1. The summed E-state index contributed by atoms with van der Waals surface area (Å²) in [5.41, 5.74) is 0. The van der Waals surface area contributed by atoms with Gasteiger partial charge in [-0.2, -0.15) is 0 Å². The fourth-order valence-electron chi connectivity index (χ4n) is 3.58. The van der Waals surface area contributed by atoms with Crippen molar-refractivity contribution in [3.8, 4) is 0 Å². The van der Waals surface area contributed by atoms with E-state index in [-0.39, 0.29) is 12.5 Å². The number of aliphatic hydroxyl groups is 2. The maximum atomic E-state index is 12.2. The quantitative estimate of drug-likeness (QED) is 0.103. The Balaban J connectivity index is 3.80. The van der Waals surface area contributed by atoms with Gasteiger partial charge in [-0.25, -0.2) is 0 Å². The van der Waals surface area contributed by atoms with E-state index in [9.17, 15) is 15.0 Å². The second-order valence-corrected chi connectivity index (χ2v) is 9.10. The van der Waals surface area contributed by atoms with Crippen LogP contribution in [0.2, 0.25) is 0 Å². The molecule has 0 saturated heterocycles. The zero-order chi connectivity index (χ0) is 25.8. The number of aliphatic hydroxyl groups excluding tert-OH is 2. The summed E-state index contributed by atoms with van der Waals surface area (Å²) in [5, 5.41) is 22.6. The molecule has 0 spiro atoms. The first-order valence-electron chi connectivity index (χ1n) is 14.0. The molecule has 4 nitrogen and oxygen atoms in total. The average molecular weight is 488 g/mol. The van der Waals surface area contributed by atoms with E-state index in [1.54, 1.807) is 6.08 Å². The molecule has 0 aliphatic rings. The molecule has 3 N–H and O–H groups in total. The molecule has 2 unspecified atom stereocenters. The van der Waals surface area contributed by atoms with Crippen molar-refractivity contribution in [3.05, 3.63) is 60.8 Å². The van der Waals surface area contributed by atoms with Crippen LogP contribution in [0.15, 0.2) is 60.8 Å². The summed E-state index contributed by atoms with van der Waals surface area (Å²) in [6, 6.07) is -0.650. The highest BCUT2D eigenvalue weighted by Gasteiger charge is 2.17. The Morgan fingerprint density at radius 2 is 1.31 bits per heavy atom. The van der Waals surface area contributed by atoms with Crippen LogP contribution in [0.4, 0.5) is 0 Å². The minimum atomic E-state index is -0.873. The molecule has 0 radical (unpaired) electrons. The number of nitrogens with one attached hydrogen (secondary N) is 1. The summed E-state index contributed by atoms with van der Waals surface area (Å²) < 4.78 is 0. The standard InChI is InChI=1S/C31H53NO3/c1-3-5-7-9-11-13-14-15-16-17-19-21-23-25-27-31(35)32-29(28-33)30(34)26-24-22-20-18-12-10-8-6-4-2/h4,6,9,11-12,14-15,18,24,26,29-30,33-34H,3,5,7-8,10,13,16-17,19-23,25,27-28H2,1-2H3,(H,32,35)/b6-4+,11-9-,15-14-,18-12+,26-24+. The highest BCUT2D eigenvalue weighted by Crippen LogP contribution is 2.09. The molecule has 0 aromatic carbocycles. The third-order valence-electron chi connectivity index (χ3n) is 5.80. The summed E-state index contributed by atoms with van der Waals surface area (Å²) in [5.74, 6) is -0.101. The van der Waals surface area contributed by atoms with E-state index >= 15 is 0 Å². The molecule has 0 aromatic heterocycles. The van der Waals surface area contributed by atoms with Gasteiger partial charge in [-0.05, 0) is 64.7 Å². The third-order valence-corrected chi connectivity index (χ3v) is 5.80. The van der Waals surface area contributed by atoms with Crippen LogP contribution in [0.5, 0.6) is 0 Å². The molecular formula is C31H53NO3. The SMILES string of the molecule is C/C=C/CC/C=C/CC/C=C/C(O)C(CO)NC(=O)CCCCCCC/C=C\C/C=C\CCCC. The number of hydrogen-bond donors (Lipinski definition) is 3. The number of hydrogen-bond acceptors (Lipinski definition) is 3. The van der Waals surface area contributed by atoms with Crippen molar-refractivity contribution in [1.29, 1.82) is 0 Å². The predicted molar refractivity (Wildman–Crippen MR) is 151 cm³/mol. The molecule has 35 heavy (non-hydrogen) atoms. The Morgan fingerprint density at radius 3 is 1.97 bits per heavy atom. The van der Waals surface area contributed by atoms with Gasteiger partial charge in [0.25, 0.3) is 0 Å². The fourth-order valence-corrected chi connectivity index (χ4v) is 3.58. The summed E-state index contributed by atoms with van der Waals surface area (Å²) in [6.07, 6.45) is 35.9. The summed E-state index contributed by atoms with van der Waals surface area (Å²) >= 11 is 0. The van der Waals surface area contributed by atoms with Crippen molar-refractivity contribution in [1.82, 2.24) is 5.32 Å². The van der Waals surface area contributed by atoms with Gasteiger partial charge in [-0.1, -0.05) is 99.8 Å². The van der Waals surface area contributed by atoms with E-state index in [2.05, 4.69) is 60.8 Å². The van der Waals surface area contributed by atoms with Crippen molar-refractivity contribution in [2.75, 3.05) is 6.61 Å². The second-order valence-electron chi connectivity index (χ2n) is 9.10. The van der Waals surface area contributed by atoms with Gasteiger partial charge in [0.15, 0.2) is 0 Å². The van der Waals surface area contributed by atoms with E-state index in [4.69, 9.17) is 0 Å². The zero-order valence-corrected chi connectivity index (χ0v) is 22.5. The zero-order valence-electron chi connectivity index (χ0n) is 22.5. The van der Waals surface area contributed by atoms with Crippen LogP contribution in [0.1, 0.15) is 110 Å². The van der Waals surface area contributed by atoms with Crippen LogP contribution in [0.25, 0.3) is 0 Å². The molecule has 0 aliphatic heterocycles. The molecule has 1 amide bonds. The Bertz CT molecular complexity index is 619. The largest absolute Gasteiger partial charge is 0.394 e. The fraction of sp³-hybridized carbons (Fsp3) is 0.645. The molecule has 0 saturated carbocycles. The lowest BCUT2D eigenvalue weighted by Gasteiger charge is -2.19. The third kappa shape index (κ3) is 23.6. The van der Waals surface area contributed by atoms with E-state index < -0.39 is 12.1 Å². The highest BCUT2D eigenvalue weighted by molar-refractivity contribution is 5.76. The predicted octanol–water partition coefficient (Wildman–Crippen LogP) is 7.50. The van der Waals surface area contributed by atoms with Gasteiger partial charge in [-0.3, -0.25) is 4.79 Å². The molecule has 2 atom stereocenters. The number of amides is 1. The molecule has 0 aromatic rings. The number of carbonyl (C=O) groups excluding carboxylic acids is 1. The Hall–Kier alpha value is -1.91. The van der Waals surface area contributed by atoms with Crippen LogP contribution in [0.3, 0.4) is 0 Å². The molecule has 200 valence electrons. The second kappa shape index (κ2) is 26.7. The minimum Gasteiger partial charge on any atom is -0.394 e. The van der Waals surface area contributed by atoms with Crippen LogP contribution in [0, 0.1) is 0 Å². The minimum absolute atomic E-state index is 0.101. The number of unbranched alkanes of at least 4 members (excludes halogenated alkanes) is 9. The molecule has 0 rings (SSSR count). The molecule has 4 heteroatoms. The van der Waals surface area contributed by atoms with Crippen LogP contribution in [-0.4, -0.2) is 34.9 Å². The van der Waals surface area contributed by atoms with Gasteiger partial charge in [0.05, 0.1) is 18.8 Å². The van der Waals surface area contributed by atoms with Gasteiger partial charge in [0.1, 0.15) is 0 Å². The summed E-state index contributed by atoms with van der Waals surface area (Å²) in [4.78, 5) is 12.2. The average Bonchev–Trinajstić information content (AvgIpc) is 2.86. The topological polar surface area (TPSA) is 69.6 Å². The summed E-state index contributed by atoms with van der Waals surface area (Å²) in [6.45, 7) is 3.97. The maximum Gasteiger partial charge on any atom is 0.220 e. The highest BCUT2D eigenvalue weighted by atomic mass is 16.3. The molecule has 0 heterocycles. The molecule has 0 bridgehead atoms. The molecule has 0 aliphatic carbocycles. The van der Waals surface area contributed by atoms with Gasteiger partial charge >= 0.3 is 0 Å². The van der Waals surface area contributed by atoms with Crippen LogP contribution >= 0.6 is 0 Å². The van der Waals surface area contributed by atoms with Gasteiger partial charge in [0.2, 0.25) is 5.91 Å². The monoisotopic (exact) mass is 487 g/mol.